The van der Waals surface area contributed by atoms with E-state index >= 15 is 0 Å². The maximum atomic E-state index is 2.56. The van der Waals surface area contributed by atoms with E-state index in [9.17, 15) is 0 Å². The molecule has 1 aliphatic carbocycles. The zero-order valence-corrected chi connectivity index (χ0v) is 17.4. The van der Waals surface area contributed by atoms with Crippen LogP contribution in [0.5, 0.6) is 0 Å². The zero-order valence-electron chi connectivity index (χ0n) is 13.8. The van der Waals surface area contributed by atoms with Crippen molar-refractivity contribution in [3.8, 4) is 0 Å². The van der Waals surface area contributed by atoms with Gasteiger partial charge in [-0.2, -0.15) is 0 Å². The Morgan fingerprint density at radius 3 is 1.58 bits per heavy atom. The van der Waals surface area contributed by atoms with Gasteiger partial charge in [0.25, 0.3) is 0 Å². The van der Waals surface area contributed by atoms with Gasteiger partial charge in [-0.3, -0.25) is 0 Å². The van der Waals surface area contributed by atoms with Crippen molar-refractivity contribution in [2.24, 2.45) is 0 Å². The van der Waals surface area contributed by atoms with Gasteiger partial charge in [0.2, 0.25) is 0 Å². The van der Waals surface area contributed by atoms with Gasteiger partial charge in [0, 0.05) is 0 Å². The second-order valence-electron chi connectivity index (χ2n) is 6.18. The van der Waals surface area contributed by atoms with Crippen LogP contribution >= 0.6 is 0 Å². The molecule has 0 fully saturated rings. The number of unbranched alkanes of at least 4 members (excludes halogenated alkanes) is 1. The van der Waals surface area contributed by atoms with E-state index in [2.05, 4.69) is 82.2 Å². The third kappa shape index (κ3) is 2.82. The van der Waals surface area contributed by atoms with E-state index in [4.69, 9.17) is 0 Å². The van der Waals surface area contributed by atoms with E-state index in [1.54, 1.807) is 0 Å². The number of hydrogen-bond acceptors (Lipinski definition) is 3. The first-order chi connectivity index (χ1) is 8.85. The first-order valence-corrected chi connectivity index (χ1v) is 13.9. The van der Waals surface area contributed by atoms with Crippen LogP contribution in [0, 0.1) is 0 Å². The molecule has 0 saturated carbocycles. The second-order valence-corrected chi connectivity index (χ2v) is 23.7. The molecule has 0 aromatic heterocycles. The molecule has 0 bridgehead atoms. The van der Waals surface area contributed by atoms with Crippen molar-refractivity contribution in [1.82, 2.24) is 8.66 Å². The van der Waals surface area contributed by atoms with E-state index < -0.39 is 20.8 Å². The number of allylic oxidation sites excluding steroid dienone is 4. The van der Waals surface area contributed by atoms with Crippen LogP contribution in [0.15, 0.2) is 24.3 Å². The Hall–Kier alpha value is 0.230. The summed E-state index contributed by atoms with van der Waals surface area (Å²) in [7, 11) is 13.6. The fourth-order valence-electron chi connectivity index (χ4n) is 3.99. The molecule has 0 radical (unpaired) electrons. The van der Waals surface area contributed by atoms with Crippen LogP contribution in [-0.2, 0) is 20.8 Å². The summed E-state index contributed by atoms with van der Waals surface area (Å²) < 4.78 is 7.94. The van der Waals surface area contributed by atoms with Crippen LogP contribution in [-0.4, -0.2) is 50.9 Å². The molecule has 0 aliphatic heterocycles. The molecule has 19 heavy (non-hydrogen) atoms. The second kappa shape index (κ2) is 6.79. The maximum absolute atomic E-state index is 3.04. The minimum atomic E-state index is -3.04. The van der Waals surface area contributed by atoms with Gasteiger partial charge >= 0.3 is 125 Å². The molecular formula is C15H31HfN3. The molecule has 1 aliphatic rings. The van der Waals surface area contributed by atoms with Crippen LogP contribution in [0.25, 0.3) is 0 Å². The minimum absolute atomic E-state index is 0.263. The molecule has 4 heteroatoms. The standard InChI is InChI=1S/C9H13.3C2H6N.Hf/c1-2-3-6-9-7-4-5-8-9;3*1-3-2;/h4-5,7-8H,2-3,6H2,1H3;3*1-2H3;/q;3*-1;+3. The molecule has 110 valence electrons. The SMILES string of the molecule is CCCC[C]1([Hf]([N](C)C)([N](C)C)[N](C)C)C=CC=C1. The monoisotopic (exact) mass is 433 g/mol. The molecule has 0 saturated heterocycles. The van der Waals surface area contributed by atoms with E-state index in [0.29, 0.717) is 0 Å². The average molecular weight is 432 g/mol. The van der Waals surface area contributed by atoms with Gasteiger partial charge in [-0.1, -0.05) is 0 Å². The van der Waals surface area contributed by atoms with E-state index in [1.807, 2.05) is 0 Å². The Balaban J connectivity index is 3.34. The molecule has 0 spiro atoms. The third-order valence-electron chi connectivity index (χ3n) is 4.34. The molecule has 0 amide bonds. The summed E-state index contributed by atoms with van der Waals surface area (Å²) in [6.45, 7) is 2.29. The Morgan fingerprint density at radius 2 is 1.26 bits per heavy atom. The molecule has 0 N–H and O–H groups in total. The van der Waals surface area contributed by atoms with Crippen LogP contribution < -0.4 is 0 Å². The third-order valence-corrected chi connectivity index (χ3v) is 24.4. The Kier molecular flexibility index (Phi) is 6.18. The number of hydrogen-bond donors (Lipinski definition) is 0. The van der Waals surface area contributed by atoms with Gasteiger partial charge in [0.1, 0.15) is 0 Å². The van der Waals surface area contributed by atoms with E-state index in [-0.39, 0.29) is 3.17 Å². The summed E-state index contributed by atoms with van der Waals surface area (Å²) in [5.74, 6) is 0. The van der Waals surface area contributed by atoms with Crippen molar-refractivity contribution in [3.63, 3.8) is 0 Å². The predicted octanol–water partition coefficient (Wildman–Crippen LogP) is 3.05. The predicted molar refractivity (Wildman–Crippen MR) is 81.6 cm³/mol. The van der Waals surface area contributed by atoms with Gasteiger partial charge in [-0.05, 0) is 0 Å². The van der Waals surface area contributed by atoms with E-state index in [0.717, 1.165) is 0 Å². The molecule has 1 rings (SSSR count). The van der Waals surface area contributed by atoms with Crippen molar-refractivity contribution in [2.75, 3.05) is 42.3 Å². The summed E-state index contributed by atoms with van der Waals surface area (Å²) in [5, 5.41) is 0. The van der Waals surface area contributed by atoms with Crippen LogP contribution in [0.4, 0.5) is 0 Å². The molecule has 3 nitrogen and oxygen atoms in total. The summed E-state index contributed by atoms with van der Waals surface area (Å²) in [5.41, 5.74) is 0. The van der Waals surface area contributed by atoms with Crippen molar-refractivity contribution < 1.29 is 20.8 Å². The van der Waals surface area contributed by atoms with Crippen molar-refractivity contribution >= 4 is 0 Å². The van der Waals surface area contributed by atoms with Crippen LogP contribution in [0.2, 0.25) is 3.17 Å². The van der Waals surface area contributed by atoms with E-state index in [1.165, 1.54) is 19.3 Å². The summed E-state index contributed by atoms with van der Waals surface area (Å²) in [6.07, 6.45) is 13.3. The van der Waals surface area contributed by atoms with Crippen molar-refractivity contribution in [2.45, 2.75) is 29.4 Å². The molecule has 0 aromatic carbocycles. The Labute approximate surface area is 125 Å². The van der Waals surface area contributed by atoms with Gasteiger partial charge in [0.05, 0.1) is 0 Å². The summed E-state index contributed by atoms with van der Waals surface area (Å²) in [6, 6.07) is 0. The summed E-state index contributed by atoms with van der Waals surface area (Å²) in [4.78, 5) is 0. The topological polar surface area (TPSA) is 9.72 Å². The normalized spacial score (nSPS) is 18.2. The number of nitrogens with zero attached hydrogens (tertiary/aromatic N) is 3. The summed E-state index contributed by atoms with van der Waals surface area (Å²) >= 11 is -3.04. The fourth-order valence-corrected chi connectivity index (χ4v) is 25.7. The first kappa shape index (κ1) is 17.3. The zero-order chi connectivity index (χ0) is 14.7. The van der Waals surface area contributed by atoms with Crippen molar-refractivity contribution in [1.29, 1.82) is 0 Å². The quantitative estimate of drug-likeness (QED) is 0.574. The molecule has 0 unspecified atom stereocenters. The average Bonchev–Trinajstić information content (AvgIpc) is 2.75. The Morgan fingerprint density at radius 1 is 0.842 bits per heavy atom. The fraction of sp³-hybridized carbons (Fsp3) is 0.733. The number of rotatable bonds is 7. The molecule has 0 heterocycles. The van der Waals surface area contributed by atoms with Gasteiger partial charge in [-0.15, -0.1) is 0 Å². The van der Waals surface area contributed by atoms with Gasteiger partial charge < -0.3 is 0 Å². The van der Waals surface area contributed by atoms with Gasteiger partial charge in [0.15, 0.2) is 0 Å². The van der Waals surface area contributed by atoms with Crippen LogP contribution in [0.1, 0.15) is 26.2 Å². The van der Waals surface area contributed by atoms with Crippen molar-refractivity contribution in [3.05, 3.63) is 24.3 Å². The first-order valence-electron chi connectivity index (χ1n) is 7.24. The van der Waals surface area contributed by atoms with Gasteiger partial charge in [-0.25, -0.2) is 0 Å². The van der Waals surface area contributed by atoms with Crippen LogP contribution in [0.3, 0.4) is 0 Å². The Bertz CT molecular complexity index is 312. The molecule has 0 aromatic rings. The molecular weight excluding hydrogens is 401 g/mol. The molecule has 0 atom stereocenters.